The average Bonchev–Trinajstić information content (AvgIpc) is 3.24. The minimum atomic E-state index is -3.73. The predicted molar refractivity (Wildman–Crippen MR) is 111 cm³/mol. The molecule has 29 heavy (non-hydrogen) atoms. The number of hydrogen-bond donors (Lipinski definition) is 0. The molecular weight excluding hydrogens is 392 g/mol. The summed E-state index contributed by atoms with van der Waals surface area (Å²) in [6.45, 7) is 7.96. The number of sulfone groups is 1. The Morgan fingerprint density at radius 1 is 1.14 bits per heavy atom. The fourth-order valence-corrected chi connectivity index (χ4v) is 4.19. The number of hydrogen-bond acceptors (Lipinski definition) is 5. The summed E-state index contributed by atoms with van der Waals surface area (Å²) in [5.41, 5.74) is 2.46. The molecule has 2 heterocycles. The molecule has 9 heteroatoms. The summed E-state index contributed by atoms with van der Waals surface area (Å²) in [6, 6.07) is 8.85. The van der Waals surface area contributed by atoms with Crippen LogP contribution in [0.4, 0.5) is 5.69 Å². The largest absolute Gasteiger partial charge is 0.303 e. The Morgan fingerprint density at radius 3 is 2.38 bits per heavy atom. The van der Waals surface area contributed by atoms with Gasteiger partial charge in [0.25, 0.3) is 5.69 Å². The van der Waals surface area contributed by atoms with E-state index in [1.54, 1.807) is 12.3 Å². The van der Waals surface area contributed by atoms with Crippen LogP contribution in [0.3, 0.4) is 0 Å². The third kappa shape index (κ3) is 4.00. The van der Waals surface area contributed by atoms with Gasteiger partial charge in [-0.3, -0.25) is 10.1 Å². The van der Waals surface area contributed by atoms with E-state index in [-0.39, 0.29) is 16.6 Å². The Morgan fingerprint density at radius 2 is 1.79 bits per heavy atom. The quantitative estimate of drug-likeness (QED) is 0.444. The maximum atomic E-state index is 12.6. The van der Waals surface area contributed by atoms with Crippen molar-refractivity contribution in [3.8, 4) is 5.82 Å². The lowest BCUT2D eigenvalue weighted by Crippen LogP contribution is -2.11. The molecule has 0 saturated carbocycles. The number of nitro benzene ring substituents is 1. The van der Waals surface area contributed by atoms with Crippen LogP contribution < -0.4 is 0 Å². The molecule has 0 aliphatic rings. The first kappa shape index (κ1) is 20.5. The fraction of sp³-hybridized carbons (Fsp3) is 0.250. The van der Waals surface area contributed by atoms with Gasteiger partial charge in [-0.05, 0) is 57.5 Å². The zero-order valence-corrected chi connectivity index (χ0v) is 17.4. The summed E-state index contributed by atoms with van der Waals surface area (Å²) < 4.78 is 29.1. The van der Waals surface area contributed by atoms with E-state index in [0.717, 1.165) is 28.2 Å². The van der Waals surface area contributed by atoms with Crippen molar-refractivity contribution in [2.75, 3.05) is 0 Å². The molecule has 0 amide bonds. The van der Waals surface area contributed by atoms with Crippen molar-refractivity contribution in [1.82, 2.24) is 14.3 Å². The topological polar surface area (TPSA) is 100 Å². The van der Waals surface area contributed by atoms with E-state index < -0.39 is 14.8 Å². The Kier molecular flexibility index (Phi) is 5.43. The van der Waals surface area contributed by atoms with Crippen molar-refractivity contribution in [3.05, 3.63) is 75.1 Å². The molecule has 1 aromatic carbocycles. The van der Waals surface area contributed by atoms with Gasteiger partial charge >= 0.3 is 0 Å². The molecule has 0 saturated heterocycles. The lowest BCUT2D eigenvalue weighted by Gasteiger charge is -2.15. The van der Waals surface area contributed by atoms with Crippen LogP contribution >= 0.6 is 0 Å². The Hall–Kier alpha value is -3.20. The molecule has 0 unspecified atom stereocenters. The summed E-state index contributed by atoms with van der Waals surface area (Å²) >= 11 is 0. The maximum Gasteiger partial charge on any atom is 0.269 e. The highest BCUT2D eigenvalue weighted by atomic mass is 32.2. The SMILES string of the molecule is Cc1cc(/C=C/S(=O)(=O)c2ccc([N+](=O)[O-])cc2)c(C)n1-c1ccnn1C(C)C. The fourth-order valence-electron chi connectivity index (χ4n) is 3.19. The van der Waals surface area contributed by atoms with Crippen LogP contribution in [0.1, 0.15) is 36.8 Å². The second-order valence-corrected chi connectivity index (χ2v) is 8.82. The minimum Gasteiger partial charge on any atom is -0.303 e. The first-order valence-electron chi connectivity index (χ1n) is 9.02. The second kappa shape index (κ2) is 7.67. The number of benzene rings is 1. The molecule has 0 radical (unpaired) electrons. The maximum absolute atomic E-state index is 12.6. The molecule has 0 fully saturated rings. The van der Waals surface area contributed by atoms with Crippen LogP contribution in [0.25, 0.3) is 11.9 Å². The summed E-state index contributed by atoms with van der Waals surface area (Å²) in [7, 11) is -3.73. The number of nitrogens with zero attached hydrogens (tertiary/aromatic N) is 4. The smallest absolute Gasteiger partial charge is 0.269 e. The number of rotatable bonds is 6. The normalized spacial score (nSPS) is 12.2. The number of aryl methyl sites for hydroxylation is 1. The van der Waals surface area contributed by atoms with Crippen molar-refractivity contribution >= 4 is 21.6 Å². The first-order valence-corrected chi connectivity index (χ1v) is 10.6. The van der Waals surface area contributed by atoms with Crippen LogP contribution in [0.5, 0.6) is 0 Å². The number of nitro groups is 1. The van der Waals surface area contributed by atoms with Crippen LogP contribution in [0.2, 0.25) is 0 Å². The highest BCUT2D eigenvalue weighted by Gasteiger charge is 2.16. The predicted octanol–water partition coefficient (Wildman–Crippen LogP) is 4.22. The summed E-state index contributed by atoms with van der Waals surface area (Å²) in [5, 5.41) is 16.2. The van der Waals surface area contributed by atoms with Crippen molar-refractivity contribution in [1.29, 1.82) is 0 Å². The molecule has 2 aromatic heterocycles. The second-order valence-electron chi connectivity index (χ2n) is 6.99. The molecule has 0 aliphatic carbocycles. The third-order valence-corrected chi connectivity index (χ3v) is 6.06. The van der Waals surface area contributed by atoms with Gasteiger partial charge in [0, 0.05) is 41.0 Å². The average molecular weight is 414 g/mol. The van der Waals surface area contributed by atoms with Gasteiger partial charge in [-0.2, -0.15) is 5.10 Å². The highest BCUT2D eigenvalue weighted by Crippen LogP contribution is 2.25. The monoisotopic (exact) mass is 414 g/mol. The lowest BCUT2D eigenvalue weighted by atomic mass is 10.2. The van der Waals surface area contributed by atoms with E-state index in [1.807, 2.05) is 49.1 Å². The van der Waals surface area contributed by atoms with E-state index in [9.17, 15) is 18.5 Å². The number of aromatic nitrogens is 3. The van der Waals surface area contributed by atoms with Crippen LogP contribution in [-0.2, 0) is 9.84 Å². The van der Waals surface area contributed by atoms with Gasteiger partial charge in [0.15, 0.2) is 9.84 Å². The van der Waals surface area contributed by atoms with E-state index >= 15 is 0 Å². The molecule has 3 aromatic rings. The van der Waals surface area contributed by atoms with Gasteiger partial charge in [0.2, 0.25) is 0 Å². The standard InChI is InChI=1S/C20H22N4O4S/c1-14(2)23-20(9-11-21-23)22-15(3)13-17(16(22)4)10-12-29(27,28)19-7-5-18(6-8-19)24(25)26/h5-14H,1-4H3/b12-10+. The van der Waals surface area contributed by atoms with Gasteiger partial charge < -0.3 is 4.57 Å². The molecule has 0 atom stereocenters. The van der Waals surface area contributed by atoms with Gasteiger partial charge in [-0.25, -0.2) is 13.1 Å². The zero-order valence-electron chi connectivity index (χ0n) is 16.6. The molecule has 0 N–H and O–H groups in total. The Bertz CT molecular complexity index is 1190. The molecule has 0 aliphatic heterocycles. The molecule has 0 spiro atoms. The van der Waals surface area contributed by atoms with Gasteiger partial charge in [0.1, 0.15) is 5.82 Å². The van der Waals surface area contributed by atoms with Crippen molar-refractivity contribution in [2.45, 2.75) is 38.6 Å². The zero-order chi connectivity index (χ0) is 21.3. The lowest BCUT2D eigenvalue weighted by molar-refractivity contribution is -0.384. The van der Waals surface area contributed by atoms with Crippen molar-refractivity contribution in [3.63, 3.8) is 0 Å². The molecule has 0 bridgehead atoms. The first-order chi connectivity index (χ1) is 13.6. The van der Waals surface area contributed by atoms with Gasteiger partial charge in [0.05, 0.1) is 16.0 Å². The van der Waals surface area contributed by atoms with Crippen LogP contribution in [-0.4, -0.2) is 27.7 Å². The van der Waals surface area contributed by atoms with Crippen LogP contribution in [0.15, 0.2) is 52.9 Å². The number of non-ortho nitro benzene ring substituents is 1. The van der Waals surface area contributed by atoms with E-state index in [1.165, 1.54) is 24.3 Å². The van der Waals surface area contributed by atoms with Gasteiger partial charge in [-0.1, -0.05) is 0 Å². The van der Waals surface area contributed by atoms with Crippen molar-refractivity contribution in [2.24, 2.45) is 0 Å². The summed E-state index contributed by atoms with van der Waals surface area (Å²) in [5.74, 6) is 0.910. The van der Waals surface area contributed by atoms with E-state index in [4.69, 9.17) is 0 Å². The van der Waals surface area contributed by atoms with Crippen molar-refractivity contribution < 1.29 is 13.3 Å². The molecule has 152 valence electrons. The Balaban J connectivity index is 1.95. The third-order valence-electron chi connectivity index (χ3n) is 4.64. The molecule has 3 rings (SSSR count). The van der Waals surface area contributed by atoms with E-state index in [2.05, 4.69) is 5.10 Å². The minimum absolute atomic E-state index is 0.00559. The van der Waals surface area contributed by atoms with Gasteiger partial charge in [-0.15, -0.1) is 0 Å². The summed E-state index contributed by atoms with van der Waals surface area (Å²) in [4.78, 5) is 10.2. The summed E-state index contributed by atoms with van der Waals surface area (Å²) in [6.07, 6.45) is 3.29. The Labute approximate surface area is 169 Å². The van der Waals surface area contributed by atoms with E-state index in [0.29, 0.717) is 0 Å². The highest BCUT2D eigenvalue weighted by molar-refractivity contribution is 7.94. The molecular formula is C20H22N4O4S. The van der Waals surface area contributed by atoms with Crippen LogP contribution in [0, 0.1) is 24.0 Å². The molecule has 8 nitrogen and oxygen atoms in total.